The van der Waals surface area contributed by atoms with E-state index in [4.69, 9.17) is 0 Å². The van der Waals surface area contributed by atoms with Gasteiger partial charge in [-0.2, -0.15) is 0 Å². The maximum atomic E-state index is 3.68. The van der Waals surface area contributed by atoms with Crippen molar-refractivity contribution in [2.24, 2.45) is 5.92 Å². The first-order valence-corrected chi connectivity index (χ1v) is 7.17. The van der Waals surface area contributed by atoms with Crippen molar-refractivity contribution >= 4 is 0 Å². The zero-order valence-corrected chi connectivity index (χ0v) is 11.5. The summed E-state index contributed by atoms with van der Waals surface area (Å²) in [5.41, 5.74) is 4.33. The van der Waals surface area contributed by atoms with Crippen LogP contribution in [0, 0.1) is 12.8 Å². The summed E-state index contributed by atoms with van der Waals surface area (Å²) in [5.74, 6) is 0.712. The number of hydrogen-bond donors (Lipinski definition) is 1. The van der Waals surface area contributed by atoms with Gasteiger partial charge in [0.1, 0.15) is 0 Å². The van der Waals surface area contributed by atoms with Crippen LogP contribution in [0.15, 0.2) is 54.6 Å². The number of aryl methyl sites for hydroxylation is 1. The monoisotopic (exact) mass is 251 g/mol. The Morgan fingerprint density at radius 1 is 1.00 bits per heavy atom. The van der Waals surface area contributed by atoms with Crippen LogP contribution in [-0.2, 0) is 6.42 Å². The Kier molecular flexibility index (Phi) is 3.65. The summed E-state index contributed by atoms with van der Waals surface area (Å²) < 4.78 is 0. The van der Waals surface area contributed by atoms with Crippen LogP contribution in [0.25, 0.3) is 0 Å². The minimum Gasteiger partial charge on any atom is -0.310 e. The van der Waals surface area contributed by atoms with E-state index in [1.807, 2.05) is 0 Å². The van der Waals surface area contributed by atoms with Gasteiger partial charge in [-0.3, -0.25) is 0 Å². The maximum Gasteiger partial charge on any atom is 0.0354 e. The highest BCUT2D eigenvalue weighted by Gasteiger charge is 2.28. The zero-order chi connectivity index (χ0) is 13.1. The van der Waals surface area contributed by atoms with E-state index >= 15 is 0 Å². The second-order valence-electron chi connectivity index (χ2n) is 5.53. The van der Waals surface area contributed by atoms with Gasteiger partial charge in [-0.25, -0.2) is 0 Å². The summed E-state index contributed by atoms with van der Waals surface area (Å²) in [6.07, 6.45) is 2.45. The average Bonchev–Trinajstić information content (AvgIpc) is 2.88. The molecule has 2 unspecified atom stereocenters. The third-order valence-electron chi connectivity index (χ3n) is 4.22. The standard InChI is InChI=1S/C18H21N/c1-14-7-5-6-10-17(14)18-16(11-12-19-18)13-15-8-3-2-4-9-15/h2-10,16,18-19H,11-13H2,1H3. The van der Waals surface area contributed by atoms with Gasteiger partial charge in [-0.05, 0) is 48.9 Å². The van der Waals surface area contributed by atoms with E-state index < -0.39 is 0 Å². The molecule has 2 atom stereocenters. The SMILES string of the molecule is Cc1ccccc1C1NCCC1Cc1ccccc1. The molecule has 1 saturated heterocycles. The van der Waals surface area contributed by atoms with Gasteiger partial charge in [0.15, 0.2) is 0 Å². The lowest BCUT2D eigenvalue weighted by Gasteiger charge is -2.22. The van der Waals surface area contributed by atoms with Crippen LogP contribution in [0.2, 0.25) is 0 Å². The third-order valence-corrected chi connectivity index (χ3v) is 4.22. The average molecular weight is 251 g/mol. The fourth-order valence-electron chi connectivity index (χ4n) is 3.19. The van der Waals surface area contributed by atoms with Crippen molar-refractivity contribution in [1.29, 1.82) is 0 Å². The van der Waals surface area contributed by atoms with Crippen molar-refractivity contribution < 1.29 is 0 Å². The summed E-state index contributed by atoms with van der Waals surface area (Å²) in [6, 6.07) is 20.1. The molecule has 3 rings (SSSR count). The lowest BCUT2D eigenvalue weighted by molar-refractivity contribution is 0.459. The third kappa shape index (κ3) is 2.71. The van der Waals surface area contributed by atoms with Crippen molar-refractivity contribution in [3.63, 3.8) is 0 Å². The first-order chi connectivity index (χ1) is 9.34. The quantitative estimate of drug-likeness (QED) is 0.872. The van der Waals surface area contributed by atoms with Crippen LogP contribution >= 0.6 is 0 Å². The topological polar surface area (TPSA) is 12.0 Å². The Hall–Kier alpha value is -1.60. The lowest BCUT2D eigenvalue weighted by atomic mass is 9.87. The predicted octanol–water partition coefficient (Wildman–Crippen LogP) is 3.89. The molecule has 98 valence electrons. The highest BCUT2D eigenvalue weighted by Crippen LogP contribution is 2.33. The van der Waals surface area contributed by atoms with E-state index in [9.17, 15) is 0 Å². The predicted molar refractivity (Wildman–Crippen MR) is 80.2 cm³/mol. The Morgan fingerprint density at radius 3 is 2.53 bits per heavy atom. The molecule has 1 aliphatic heterocycles. The van der Waals surface area contributed by atoms with Gasteiger partial charge in [0, 0.05) is 6.04 Å². The maximum absolute atomic E-state index is 3.68. The molecule has 0 spiro atoms. The molecule has 0 aromatic heterocycles. The molecule has 1 nitrogen and oxygen atoms in total. The van der Waals surface area contributed by atoms with Crippen LogP contribution in [0.3, 0.4) is 0 Å². The van der Waals surface area contributed by atoms with Gasteiger partial charge >= 0.3 is 0 Å². The molecular formula is C18H21N. The van der Waals surface area contributed by atoms with Crippen LogP contribution in [-0.4, -0.2) is 6.54 Å². The van der Waals surface area contributed by atoms with Gasteiger partial charge < -0.3 is 5.32 Å². The molecule has 1 N–H and O–H groups in total. The molecular weight excluding hydrogens is 230 g/mol. The molecule has 19 heavy (non-hydrogen) atoms. The van der Waals surface area contributed by atoms with Gasteiger partial charge in [0.2, 0.25) is 0 Å². The Labute approximate surface area is 115 Å². The second kappa shape index (κ2) is 5.58. The van der Waals surface area contributed by atoms with Gasteiger partial charge in [-0.15, -0.1) is 0 Å². The van der Waals surface area contributed by atoms with Crippen molar-refractivity contribution in [2.75, 3.05) is 6.54 Å². The number of nitrogens with one attached hydrogen (secondary N) is 1. The van der Waals surface area contributed by atoms with Crippen LogP contribution < -0.4 is 5.32 Å². The highest BCUT2D eigenvalue weighted by molar-refractivity contribution is 5.30. The molecule has 0 amide bonds. The largest absolute Gasteiger partial charge is 0.310 e. The fourth-order valence-corrected chi connectivity index (χ4v) is 3.19. The fraction of sp³-hybridized carbons (Fsp3) is 0.333. The van der Waals surface area contributed by atoms with Crippen LogP contribution in [0.5, 0.6) is 0 Å². The molecule has 1 fully saturated rings. The van der Waals surface area contributed by atoms with E-state index in [1.165, 1.54) is 29.5 Å². The minimum atomic E-state index is 0.515. The van der Waals surface area contributed by atoms with Gasteiger partial charge in [0.25, 0.3) is 0 Å². The molecule has 0 radical (unpaired) electrons. The highest BCUT2D eigenvalue weighted by atomic mass is 15.0. The number of rotatable bonds is 3. The summed E-state index contributed by atoms with van der Waals surface area (Å²) in [4.78, 5) is 0. The Balaban J connectivity index is 1.81. The summed E-state index contributed by atoms with van der Waals surface area (Å²) in [6.45, 7) is 3.35. The van der Waals surface area contributed by atoms with Crippen molar-refractivity contribution in [3.05, 3.63) is 71.3 Å². The van der Waals surface area contributed by atoms with E-state index in [0.717, 1.165) is 6.54 Å². The van der Waals surface area contributed by atoms with E-state index in [0.29, 0.717) is 12.0 Å². The number of hydrogen-bond acceptors (Lipinski definition) is 1. The van der Waals surface area contributed by atoms with Crippen LogP contribution in [0.1, 0.15) is 29.2 Å². The molecule has 1 aliphatic rings. The van der Waals surface area contributed by atoms with Crippen molar-refractivity contribution in [3.8, 4) is 0 Å². The van der Waals surface area contributed by atoms with Gasteiger partial charge in [0.05, 0.1) is 0 Å². The molecule has 2 aromatic rings. The smallest absolute Gasteiger partial charge is 0.0354 e. The summed E-state index contributed by atoms with van der Waals surface area (Å²) in [5, 5.41) is 3.68. The number of benzene rings is 2. The molecule has 1 heteroatoms. The molecule has 0 bridgehead atoms. The van der Waals surface area contributed by atoms with E-state index in [-0.39, 0.29) is 0 Å². The van der Waals surface area contributed by atoms with E-state index in [2.05, 4.69) is 66.8 Å². The van der Waals surface area contributed by atoms with Crippen molar-refractivity contribution in [1.82, 2.24) is 5.32 Å². The molecule has 0 saturated carbocycles. The van der Waals surface area contributed by atoms with E-state index in [1.54, 1.807) is 0 Å². The summed E-state index contributed by atoms with van der Waals surface area (Å²) in [7, 11) is 0. The first kappa shape index (κ1) is 12.4. The van der Waals surface area contributed by atoms with Crippen molar-refractivity contribution in [2.45, 2.75) is 25.8 Å². The zero-order valence-electron chi connectivity index (χ0n) is 11.5. The summed E-state index contributed by atoms with van der Waals surface area (Å²) >= 11 is 0. The first-order valence-electron chi connectivity index (χ1n) is 7.17. The Morgan fingerprint density at radius 2 is 1.74 bits per heavy atom. The minimum absolute atomic E-state index is 0.515. The second-order valence-corrected chi connectivity index (χ2v) is 5.53. The normalized spacial score (nSPS) is 22.6. The van der Waals surface area contributed by atoms with Gasteiger partial charge in [-0.1, -0.05) is 54.6 Å². The molecule has 1 heterocycles. The molecule has 2 aromatic carbocycles. The van der Waals surface area contributed by atoms with Crippen LogP contribution in [0.4, 0.5) is 0 Å². The Bertz CT molecular complexity index is 532. The lowest BCUT2D eigenvalue weighted by Crippen LogP contribution is -2.20. The molecule has 0 aliphatic carbocycles.